The first-order chi connectivity index (χ1) is 12.0. The van der Waals surface area contributed by atoms with Crippen LogP contribution in [0, 0.1) is 0 Å². The Morgan fingerprint density at radius 1 is 1.00 bits per heavy atom. The number of carbonyl (C=O) groups is 2. The van der Waals surface area contributed by atoms with Gasteiger partial charge in [0, 0.05) is 0 Å². The van der Waals surface area contributed by atoms with Crippen molar-refractivity contribution in [2.45, 2.75) is 25.0 Å². The summed E-state index contributed by atoms with van der Waals surface area (Å²) in [6.07, 6.45) is 1.13. The van der Waals surface area contributed by atoms with Crippen LogP contribution in [0.15, 0.2) is 54.6 Å². The molecule has 0 amide bonds. The normalized spacial score (nSPS) is 13.8. The molecular weight excluding hydrogens is 324 g/mol. The number of benzene rings is 2. The molecule has 0 aliphatic rings. The van der Waals surface area contributed by atoms with Crippen LogP contribution in [-0.2, 0) is 20.7 Å². The van der Waals surface area contributed by atoms with Crippen LogP contribution >= 0.6 is 0 Å². The van der Waals surface area contributed by atoms with Crippen molar-refractivity contribution < 1.29 is 29.6 Å². The number of fused-ring (bicyclic) bond motifs is 1. The van der Waals surface area contributed by atoms with Gasteiger partial charge in [-0.2, -0.15) is 0 Å². The minimum atomic E-state index is -2.09. The van der Waals surface area contributed by atoms with Crippen LogP contribution in [0.3, 0.4) is 0 Å². The summed E-state index contributed by atoms with van der Waals surface area (Å²) in [6.45, 7) is -0.0843. The van der Waals surface area contributed by atoms with Crippen molar-refractivity contribution in [1.29, 1.82) is 0 Å². The summed E-state index contributed by atoms with van der Waals surface area (Å²) in [7, 11) is 0. The fourth-order valence-electron chi connectivity index (χ4n) is 2.42. The number of aryl methyl sites for hydroxylation is 1. The predicted octanol–water partition coefficient (Wildman–Crippen LogP) is 2.24. The highest BCUT2D eigenvalue weighted by Crippen LogP contribution is 2.16. The van der Waals surface area contributed by atoms with Crippen LogP contribution in [0.2, 0.25) is 0 Å². The van der Waals surface area contributed by atoms with E-state index in [2.05, 4.69) is 30.3 Å². The summed E-state index contributed by atoms with van der Waals surface area (Å²) in [6, 6.07) is 14.4. The average molecular weight is 344 g/mol. The van der Waals surface area contributed by atoms with Crippen molar-refractivity contribution in [2.75, 3.05) is 6.61 Å². The van der Waals surface area contributed by atoms with Crippen LogP contribution in [0.25, 0.3) is 10.8 Å². The standard InChI is InChI=1S/C19H20O6/c20-16(18(21)22)17(19(23)24)25-11-5-1-2-6-13-9-10-14-7-3-4-8-15(14)12-13/h1,3-5,7-10,12,16-17,20H,2,6,11H2,(H,21,22)(H,23,24)/t16-,17-/m1/s1. The van der Waals surface area contributed by atoms with Gasteiger partial charge in [0.1, 0.15) is 0 Å². The molecule has 0 aliphatic carbocycles. The predicted molar refractivity (Wildman–Crippen MR) is 92.4 cm³/mol. The van der Waals surface area contributed by atoms with Gasteiger partial charge in [-0.3, -0.25) is 0 Å². The van der Waals surface area contributed by atoms with Gasteiger partial charge in [0.15, 0.2) is 12.2 Å². The number of carboxylic acids is 2. The zero-order valence-corrected chi connectivity index (χ0v) is 13.5. The Morgan fingerprint density at radius 2 is 1.72 bits per heavy atom. The van der Waals surface area contributed by atoms with E-state index in [4.69, 9.17) is 14.9 Å². The number of carboxylic acid groups (broad SMARTS) is 2. The molecule has 0 radical (unpaired) electrons. The Bertz CT molecular complexity index is 767. The molecule has 0 aliphatic heterocycles. The maximum absolute atomic E-state index is 10.9. The zero-order valence-electron chi connectivity index (χ0n) is 13.5. The molecule has 0 unspecified atom stereocenters. The van der Waals surface area contributed by atoms with Crippen molar-refractivity contribution in [3.63, 3.8) is 0 Å². The van der Waals surface area contributed by atoms with Crippen LogP contribution in [-0.4, -0.2) is 46.1 Å². The lowest BCUT2D eigenvalue weighted by Crippen LogP contribution is -2.41. The maximum Gasteiger partial charge on any atom is 0.336 e. The highest BCUT2D eigenvalue weighted by atomic mass is 16.5. The molecule has 3 N–H and O–H groups in total. The summed E-state index contributed by atoms with van der Waals surface area (Å²) in [5.74, 6) is -3.15. The molecule has 0 aromatic heterocycles. The Balaban J connectivity index is 1.80. The SMILES string of the molecule is O=C(O)[C@H](O)[C@@H](OCC=CCCc1ccc2ccccc2c1)C(=O)O. The molecule has 132 valence electrons. The Morgan fingerprint density at radius 3 is 2.40 bits per heavy atom. The number of hydrogen-bond acceptors (Lipinski definition) is 4. The third-order valence-electron chi connectivity index (χ3n) is 3.74. The number of aliphatic hydroxyl groups excluding tert-OH is 1. The summed E-state index contributed by atoms with van der Waals surface area (Å²) < 4.78 is 4.92. The van der Waals surface area contributed by atoms with E-state index in [9.17, 15) is 14.7 Å². The third kappa shape index (κ3) is 5.41. The first-order valence-electron chi connectivity index (χ1n) is 7.87. The topological polar surface area (TPSA) is 104 Å². The molecule has 6 heteroatoms. The molecule has 2 aromatic carbocycles. The van der Waals surface area contributed by atoms with Gasteiger partial charge < -0.3 is 20.1 Å². The van der Waals surface area contributed by atoms with Crippen molar-refractivity contribution in [2.24, 2.45) is 0 Å². The van der Waals surface area contributed by atoms with E-state index in [0.717, 1.165) is 12.8 Å². The summed E-state index contributed by atoms with van der Waals surface area (Å²) >= 11 is 0. The molecule has 0 bridgehead atoms. The number of aliphatic hydroxyl groups is 1. The van der Waals surface area contributed by atoms with Gasteiger partial charge in [-0.15, -0.1) is 0 Å². The fourth-order valence-corrected chi connectivity index (χ4v) is 2.42. The van der Waals surface area contributed by atoms with Crippen LogP contribution in [0.4, 0.5) is 0 Å². The van der Waals surface area contributed by atoms with Crippen molar-refractivity contribution in [3.05, 3.63) is 60.2 Å². The molecule has 0 spiro atoms. The zero-order chi connectivity index (χ0) is 18.2. The fraction of sp³-hybridized carbons (Fsp3) is 0.263. The van der Waals surface area contributed by atoms with E-state index in [1.54, 1.807) is 6.08 Å². The second kappa shape index (κ2) is 8.96. The van der Waals surface area contributed by atoms with Gasteiger partial charge in [-0.1, -0.05) is 54.6 Å². The number of hydrogen-bond donors (Lipinski definition) is 3. The van der Waals surface area contributed by atoms with E-state index in [1.165, 1.54) is 16.3 Å². The van der Waals surface area contributed by atoms with Gasteiger partial charge in [0.05, 0.1) is 6.61 Å². The van der Waals surface area contributed by atoms with E-state index in [0.29, 0.717) is 0 Å². The first kappa shape index (κ1) is 18.6. The number of aliphatic carboxylic acids is 2. The van der Waals surface area contributed by atoms with Gasteiger partial charge in [0.25, 0.3) is 0 Å². The second-order valence-corrected chi connectivity index (χ2v) is 5.57. The van der Waals surface area contributed by atoms with E-state index >= 15 is 0 Å². The molecule has 0 fully saturated rings. The molecule has 2 rings (SSSR count). The largest absolute Gasteiger partial charge is 0.479 e. The van der Waals surface area contributed by atoms with Crippen LogP contribution in [0.5, 0.6) is 0 Å². The highest BCUT2D eigenvalue weighted by Gasteiger charge is 2.32. The minimum absolute atomic E-state index is 0.0843. The van der Waals surface area contributed by atoms with Gasteiger partial charge in [0.2, 0.25) is 0 Å². The number of ether oxygens (including phenoxy) is 1. The van der Waals surface area contributed by atoms with Gasteiger partial charge in [-0.25, -0.2) is 9.59 Å². The smallest absolute Gasteiger partial charge is 0.336 e. The number of allylic oxidation sites excluding steroid dienone is 1. The van der Waals surface area contributed by atoms with Crippen molar-refractivity contribution in [3.8, 4) is 0 Å². The molecule has 6 nitrogen and oxygen atoms in total. The summed E-state index contributed by atoms with van der Waals surface area (Å²) in [5, 5.41) is 29.1. The molecule has 2 aromatic rings. The molecular formula is C19H20O6. The first-order valence-corrected chi connectivity index (χ1v) is 7.87. The molecule has 25 heavy (non-hydrogen) atoms. The summed E-state index contributed by atoms with van der Waals surface area (Å²) in [5.41, 5.74) is 1.19. The van der Waals surface area contributed by atoms with Gasteiger partial charge in [-0.05, 0) is 29.2 Å². The molecule has 0 saturated carbocycles. The molecule has 0 heterocycles. The average Bonchev–Trinajstić information content (AvgIpc) is 2.60. The minimum Gasteiger partial charge on any atom is -0.479 e. The number of rotatable bonds is 9. The monoisotopic (exact) mass is 344 g/mol. The lowest BCUT2D eigenvalue weighted by Gasteiger charge is -2.15. The van der Waals surface area contributed by atoms with E-state index < -0.39 is 24.1 Å². The Labute approximate surface area is 145 Å². The highest BCUT2D eigenvalue weighted by molar-refractivity contribution is 5.83. The molecule has 0 saturated heterocycles. The van der Waals surface area contributed by atoms with Crippen molar-refractivity contribution >= 4 is 22.7 Å². The second-order valence-electron chi connectivity index (χ2n) is 5.57. The third-order valence-corrected chi connectivity index (χ3v) is 3.74. The lowest BCUT2D eigenvalue weighted by molar-refractivity contribution is -0.169. The molecule has 2 atom stereocenters. The Hall–Kier alpha value is -2.70. The lowest BCUT2D eigenvalue weighted by atomic mass is 10.0. The van der Waals surface area contributed by atoms with E-state index in [1.807, 2.05) is 18.2 Å². The van der Waals surface area contributed by atoms with Crippen molar-refractivity contribution in [1.82, 2.24) is 0 Å². The van der Waals surface area contributed by atoms with E-state index in [-0.39, 0.29) is 6.61 Å². The Kier molecular flexibility index (Phi) is 6.68. The quantitative estimate of drug-likeness (QED) is 0.603. The van der Waals surface area contributed by atoms with Crippen LogP contribution in [0.1, 0.15) is 12.0 Å². The maximum atomic E-state index is 10.9. The van der Waals surface area contributed by atoms with Gasteiger partial charge >= 0.3 is 11.9 Å². The summed E-state index contributed by atoms with van der Waals surface area (Å²) in [4.78, 5) is 21.5. The van der Waals surface area contributed by atoms with Crippen LogP contribution < -0.4 is 0 Å².